The molecule has 2 aromatic heterocycles. The van der Waals surface area contributed by atoms with Gasteiger partial charge in [0.15, 0.2) is 11.4 Å². The molecule has 2 heterocycles. The quantitative estimate of drug-likeness (QED) is 0.765. The first-order chi connectivity index (χ1) is 9.22. The van der Waals surface area contributed by atoms with E-state index in [0.717, 1.165) is 16.7 Å². The average Bonchev–Trinajstić information content (AvgIpc) is 2.97. The maximum atomic E-state index is 5.70. The maximum absolute atomic E-state index is 5.70. The Bertz CT molecular complexity index is 687. The number of hydrogen-bond acceptors (Lipinski definition) is 6. The zero-order valence-electron chi connectivity index (χ0n) is 10.5. The maximum Gasteiger partial charge on any atom is 0.232 e. The van der Waals surface area contributed by atoms with Crippen LogP contribution in [0.5, 0.6) is 0 Å². The van der Waals surface area contributed by atoms with E-state index < -0.39 is 0 Å². The second kappa shape index (κ2) is 4.81. The van der Waals surface area contributed by atoms with Crippen LogP contribution in [0.15, 0.2) is 33.3 Å². The fraction of sp³-hybridized carbons (Fsp3) is 0.308. The van der Waals surface area contributed by atoms with E-state index in [2.05, 4.69) is 15.3 Å². The Morgan fingerprint density at radius 3 is 2.89 bits per heavy atom. The molecule has 0 fully saturated rings. The first-order valence-corrected chi connectivity index (χ1v) is 6.12. The monoisotopic (exact) mass is 258 g/mol. The minimum Gasteiger partial charge on any atom is -0.356 e. The molecule has 3 aromatic rings. The van der Waals surface area contributed by atoms with Gasteiger partial charge in [-0.15, -0.1) is 0 Å². The Hall–Kier alpha value is -2.21. The van der Waals surface area contributed by atoms with Crippen molar-refractivity contribution in [1.29, 1.82) is 0 Å². The molecule has 0 saturated carbocycles. The lowest BCUT2D eigenvalue weighted by Crippen LogP contribution is -2.18. The summed E-state index contributed by atoms with van der Waals surface area (Å²) >= 11 is 0. The van der Waals surface area contributed by atoms with E-state index in [-0.39, 0.29) is 6.04 Å². The van der Waals surface area contributed by atoms with Gasteiger partial charge < -0.3 is 14.8 Å². The molecule has 1 aromatic carbocycles. The number of nitrogens with zero attached hydrogens (tertiary/aromatic N) is 3. The van der Waals surface area contributed by atoms with Gasteiger partial charge >= 0.3 is 0 Å². The van der Waals surface area contributed by atoms with Crippen molar-refractivity contribution >= 4 is 11.0 Å². The largest absolute Gasteiger partial charge is 0.356 e. The van der Waals surface area contributed by atoms with Crippen LogP contribution in [0.1, 0.15) is 24.3 Å². The predicted molar refractivity (Wildman–Crippen MR) is 68.5 cm³/mol. The van der Waals surface area contributed by atoms with Crippen LogP contribution in [0, 0.1) is 0 Å². The molecule has 0 saturated heterocycles. The van der Waals surface area contributed by atoms with Crippen LogP contribution < -0.4 is 5.73 Å². The van der Waals surface area contributed by atoms with Gasteiger partial charge in [-0.25, -0.2) is 0 Å². The number of aromatic nitrogens is 3. The highest BCUT2D eigenvalue weighted by atomic mass is 16.5. The van der Waals surface area contributed by atoms with Crippen LogP contribution in [-0.2, 0) is 12.8 Å². The molecule has 1 atom stereocenters. The highest BCUT2D eigenvalue weighted by molar-refractivity contribution is 5.79. The molecular formula is C13H14N4O2. The number of hydrogen-bond donors (Lipinski definition) is 1. The lowest BCUT2D eigenvalue weighted by atomic mass is 10.2. The van der Waals surface area contributed by atoms with Gasteiger partial charge in [0.1, 0.15) is 5.69 Å². The lowest BCUT2D eigenvalue weighted by molar-refractivity contribution is 0.374. The minimum atomic E-state index is 0.0123. The van der Waals surface area contributed by atoms with Gasteiger partial charge in [-0.1, -0.05) is 22.4 Å². The summed E-state index contributed by atoms with van der Waals surface area (Å²) in [7, 11) is 0. The van der Waals surface area contributed by atoms with E-state index in [1.54, 1.807) is 0 Å². The second-order valence-electron chi connectivity index (χ2n) is 4.59. The molecule has 2 N–H and O–H groups in total. The Labute approximate surface area is 109 Å². The smallest absolute Gasteiger partial charge is 0.232 e. The zero-order valence-corrected chi connectivity index (χ0v) is 10.5. The predicted octanol–water partition coefficient (Wildman–Crippen LogP) is 1.69. The topological polar surface area (TPSA) is 91.0 Å². The van der Waals surface area contributed by atoms with Crippen LogP contribution >= 0.6 is 0 Å². The summed E-state index contributed by atoms with van der Waals surface area (Å²) in [6.45, 7) is 1.90. The molecule has 0 aliphatic heterocycles. The van der Waals surface area contributed by atoms with Crippen LogP contribution in [-0.4, -0.2) is 21.3 Å². The summed E-state index contributed by atoms with van der Waals surface area (Å²) in [5.74, 6) is 1.15. The van der Waals surface area contributed by atoms with Crippen LogP contribution in [0.3, 0.4) is 0 Å². The van der Waals surface area contributed by atoms with Crippen LogP contribution in [0.4, 0.5) is 0 Å². The third-order valence-corrected chi connectivity index (χ3v) is 2.79. The molecule has 0 aliphatic rings. The molecule has 0 aliphatic carbocycles. The molecule has 6 heteroatoms. The molecule has 98 valence electrons. The van der Waals surface area contributed by atoms with Crippen molar-refractivity contribution < 1.29 is 9.05 Å². The van der Waals surface area contributed by atoms with Gasteiger partial charge in [-0.3, -0.25) is 0 Å². The van der Waals surface area contributed by atoms with Crippen molar-refractivity contribution in [3.8, 4) is 0 Å². The summed E-state index contributed by atoms with van der Waals surface area (Å²) in [6.07, 6.45) is 1.06. The first kappa shape index (κ1) is 11.9. The fourth-order valence-corrected chi connectivity index (χ4v) is 1.94. The zero-order chi connectivity index (χ0) is 13.2. The molecule has 6 nitrogen and oxygen atoms in total. The number of nitrogens with two attached hydrogens (primary N) is 1. The van der Waals surface area contributed by atoms with Crippen molar-refractivity contribution in [1.82, 2.24) is 15.3 Å². The van der Waals surface area contributed by atoms with Gasteiger partial charge in [-0.05, 0) is 19.1 Å². The minimum absolute atomic E-state index is 0.0123. The summed E-state index contributed by atoms with van der Waals surface area (Å²) in [5.41, 5.74) is 7.25. The Kier molecular flexibility index (Phi) is 3.00. The van der Waals surface area contributed by atoms with E-state index >= 15 is 0 Å². The van der Waals surface area contributed by atoms with Gasteiger partial charge in [0.25, 0.3) is 0 Å². The van der Waals surface area contributed by atoms with Gasteiger partial charge in [-0.2, -0.15) is 4.98 Å². The number of fused-ring (bicyclic) bond motifs is 1. The Morgan fingerprint density at radius 1 is 1.21 bits per heavy atom. The summed E-state index contributed by atoms with van der Waals surface area (Å²) < 4.78 is 10.4. The average molecular weight is 258 g/mol. The van der Waals surface area contributed by atoms with Crippen molar-refractivity contribution in [2.75, 3.05) is 0 Å². The van der Waals surface area contributed by atoms with Gasteiger partial charge in [0.2, 0.25) is 5.89 Å². The summed E-state index contributed by atoms with van der Waals surface area (Å²) in [6, 6.07) is 7.70. The standard InChI is InChI=1S/C13H14N4O2/c1-8(14)6-12-15-13(19-17-12)7-10-9-4-2-3-5-11(9)18-16-10/h2-5,8H,6-7,14H2,1H3. The number of rotatable bonds is 4. The highest BCUT2D eigenvalue weighted by Gasteiger charge is 2.13. The van der Waals surface area contributed by atoms with E-state index in [4.69, 9.17) is 14.8 Å². The third-order valence-electron chi connectivity index (χ3n) is 2.79. The van der Waals surface area contributed by atoms with Crippen molar-refractivity contribution in [2.45, 2.75) is 25.8 Å². The second-order valence-corrected chi connectivity index (χ2v) is 4.59. The summed E-state index contributed by atoms with van der Waals surface area (Å²) in [4.78, 5) is 4.29. The number of para-hydroxylation sites is 1. The van der Waals surface area contributed by atoms with E-state index in [0.29, 0.717) is 24.6 Å². The van der Waals surface area contributed by atoms with Crippen molar-refractivity contribution in [2.24, 2.45) is 5.73 Å². The van der Waals surface area contributed by atoms with Gasteiger partial charge in [0.05, 0.1) is 6.42 Å². The van der Waals surface area contributed by atoms with E-state index in [1.165, 1.54) is 0 Å². The molecule has 3 rings (SSSR count). The Morgan fingerprint density at radius 2 is 2.05 bits per heavy atom. The normalized spacial score (nSPS) is 12.9. The van der Waals surface area contributed by atoms with Crippen LogP contribution in [0.2, 0.25) is 0 Å². The molecular weight excluding hydrogens is 244 g/mol. The molecule has 1 unspecified atom stereocenters. The SMILES string of the molecule is CC(N)Cc1noc(Cc2noc3ccccc23)n1. The Balaban J connectivity index is 1.83. The third kappa shape index (κ3) is 2.48. The van der Waals surface area contributed by atoms with E-state index in [1.807, 2.05) is 31.2 Å². The summed E-state index contributed by atoms with van der Waals surface area (Å²) in [5, 5.41) is 8.89. The molecule has 0 spiro atoms. The lowest BCUT2D eigenvalue weighted by Gasteiger charge is -1.96. The fourth-order valence-electron chi connectivity index (χ4n) is 1.94. The highest BCUT2D eigenvalue weighted by Crippen LogP contribution is 2.19. The molecule has 0 bridgehead atoms. The molecule has 0 radical (unpaired) electrons. The molecule has 0 amide bonds. The van der Waals surface area contributed by atoms with Crippen molar-refractivity contribution in [3.63, 3.8) is 0 Å². The van der Waals surface area contributed by atoms with Gasteiger partial charge in [0, 0.05) is 17.8 Å². The first-order valence-electron chi connectivity index (χ1n) is 6.12. The molecule has 19 heavy (non-hydrogen) atoms. The van der Waals surface area contributed by atoms with Crippen LogP contribution in [0.25, 0.3) is 11.0 Å². The number of benzene rings is 1. The van der Waals surface area contributed by atoms with Crippen molar-refractivity contribution in [3.05, 3.63) is 41.7 Å². The van der Waals surface area contributed by atoms with E-state index in [9.17, 15) is 0 Å².